The predicted octanol–water partition coefficient (Wildman–Crippen LogP) is 1.76. The summed E-state index contributed by atoms with van der Waals surface area (Å²) in [4.78, 5) is 10.4. The number of rotatable bonds is 1. The van der Waals surface area contributed by atoms with Gasteiger partial charge in [-0.1, -0.05) is 18.2 Å². The van der Waals surface area contributed by atoms with Gasteiger partial charge in [-0.15, -0.1) is 15.0 Å². The third-order valence-corrected chi connectivity index (χ3v) is 2.97. The van der Waals surface area contributed by atoms with E-state index in [2.05, 4.69) is 25.4 Å². The molecule has 0 aliphatic carbocycles. The molecule has 90 valence electrons. The van der Waals surface area contributed by atoms with E-state index < -0.39 is 0 Å². The van der Waals surface area contributed by atoms with Crippen LogP contribution in [-0.2, 0) is 0 Å². The fourth-order valence-corrected chi connectivity index (χ4v) is 2.10. The molecule has 0 bridgehead atoms. The molecule has 3 heterocycles. The first-order valence-corrected chi connectivity index (χ1v) is 5.80. The van der Waals surface area contributed by atoms with E-state index in [9.17, 15) is 0 Å². The Hall–Kier alpha value is -2.89. The first kappa shape index (κ1) is 10.1. The van der Waals surface area contributed by atoms with Crippen LogP contribution in [0, 0.1) is 0 Å². The van der Waals surface area contributed by atoms with Gasteiger partial charge < -0.3 is 0 Å². The van der Waals surface area contributed by atoms with Crippen LogP contribution < -0.4 is 0 Å². The number of benzene rings is 1. The van der Waals surface area contributed by atoms with Crippen molar-refractivity contribution in [3.8, 4) is 5.82 Å². The Labute approximate surface area is 107 Å². The minimum absolute atomic E-state index is 0.628. The maximum atomic E-state index is 4.58. The van der Waals surface area contributed by atoms with Gasteiger partial charge in [0, 0.05) is 17.0 Å². The summed E-state index contributed by atoms with van der Waals surface area (Å²) in [5.74, 6) is 0.628. The molecular formula is C13H8N6. The molecule has 0 N–H and O–H groups in total. The van der Waals surface area contributed by atoms with Gasteiger partial charge in [0.15, 0.2) is 12.1 Å². The Morgan fingerprint density at radius 2 is 1.74 bits per heavy atom. The van der Waals surface area contributed by atoms with E-state index in [0.717, 1.165) is 21.8 Å². The standard InChI is InChI=1S/C13H8N6/c1-2-9-3-4-10-5-6-11(19-16-8-15-18-19)17-13(10)12(9)14-7-1/h1-8H. The minimum Gasteiger partial charge on any atom is -0.254 e. The zero-order valence-electron chi connectivity index (χ0n) is 9.80. The molecule has 0 saturated heterocycles. The highest BCUT2D eigenvalue weighted by molar-refractivity contribution is 6.02. The largest absolute Gasteiger partial charge is 0.254 e. The first-order valence-electron chi connectivity index (χ1n) is 5.80. The highest BCUT2D eigenvalue weighted by atomic mass is 15.6. The number of fused-ring (bicyclic) bond motifs is 3. The van der Waals surface area contributed by atoms with Gasteiger partial charge in [-0.3, -0.25) is 4.98 Å². The SMILES string of the molecule is c1cnc2c(c1)ccc1ccc(-n3ncnn3)nc12. The molecule has 3 aromatic heterocycles. The molecule has 0 amide bonds. The molecule has 0 fully saturated rings. The Bertz CT molecular complexity index is 869. The van der Waals surface area contributed by atoms with Gasteiger partial charge in [-0.25, -0.2) is 4.98 Å². The number of nitrogens with zero attached hydrogens (tertiary/aromatic N) is 6. The summed E-state index contributed by atoms with van der Waals surface area (Å²) in [6.07, 6.45) is 3.15. The molecule has 6 nitrogen and oxygen atoms in total. The van der Waals surface area contributed by atoms with Crippen molar-refractivity contribution in [2.24, 2.45) is 0 Å². The lowest BCUT2D eigenvalue weighted by Crippen LogP contribution is -2.02. The van der Waals surface area contributed by atoms with Gasteiger partial charge in [-0.05, 0) is 23.4 Å². The van der Waals surface area contributed by atoms with Crippen molar-refractivity contribution in [1.82, 2.24) is 30.2 Å². The molecule has 0 spiro atoms. The van der Waals surface area contributed by atoms with Crippen molar-refractivity contribution in [1.29, 1.82) is 0 Å². The van der Waals surface area contributed by atoms with Gasteiger partial charge in [-0.2, -0.15) is 0 Å². The molecule has 0 aliphatic heterocycles. The molecular weight excluding hydrogens is 240 g/mol. The molecule has 1 aromatic carbocycles. The molecule has 19 heavy (non-hydrogen) atoms. The van der Waals surface area contributed by atoms with Crippen molar-refractivity contribution in [2.45, 2.75) is 0 Å². The quantitative estimate of drug-likeness (QED) is 0.480. The predicted molar refractivity (Wildman–Crippen MR) is 69.8 cm³/mol. The van der Waals surface area contributed by atoms with Crippen molar-refractivity contribution in [3.63, 3.8) is 0 Å². The number of hydrogen-bond donors (Lipinski definition) is 0. The van der Waals surface area contributed by atoms with Crippen LogP contribution in [0.15, 0.2) is 48.9 Å². The van der Waals surface area contributed by atoms with Crippen molar-refractivity contribution in [3.05, 3.63) is 48.9 Å². The highest BCUT2D eigenvalue weighted by Crippen LogP contribution is 2.22. The van der Waals surface area contributed by atoms with E-state index in [0.29, 0.717) is 5.82 Å². The van der Waals surface area contributed by atoms with Crippen LogP contribution in [0.1, 0.15) is 0 Å². The van der Waals surface area contributed by atoms with Crippen molar-refractivity contribution in [2.75, 3.05) is 0 Å². The van der Waals surface area contributed by atoms with Gasteiger partial charge in [0.2, 0.25) is 0 Å². The van der Waals surface area contributed by atoms with E-state index in [1.807, 2.05) is 36.4 Å². The van der Waals surface area contributed by atoms with E-state index in [-0.39, 0.29) is 0 Å². The average Bonchev–Trinajstić information content (AvgIpc) is 3.01. The van der Waals surface area contributed by atoms with Crippen LogP contribution >= 0.6 is 0 Å². The monoisotopic (exact) mass is 248 g/mol. The second-order valence-electron chi connectivity index (χ2n) is 4.11. The summed E-state index contributed by atoms with van der Waals surface area (Å²) in [5, 5.41) is 13.6. The third kappa shape index (κ3) is 1.54. The Balaban J connectivity index is 2.09. The average molecular weight is 248 g/mol. The topological polar surface area (TPSA) is 69.4 Å². The van der Waals surface area contributed by atoms with E-state index in [1.54, 1.807) is 6.20 Å². The molecule has 0 atom stereocenters. The summed E-state index contributed by atoms with van der Waals surface area (Å²) in [6, 6.07) is 11.8. The zero-order valence-corrected chi connectivity index (χ0v) is 9.80. The van der Waals surface area contributed by atoms with Crippen molar-refractivity contribution >= 4 is 21.8 Å². The lowest BCUT2D eigenvalue weighted by molar-refractivity contribution is 0.703. The van der Waals surface area contributed by atoms with Crippen LogP contribution in [0.2, 0.25) is 0 Å². The van der Waals surface area contributed by atoms with E-state index in [4.69, 9.17) is 0 Å². The molecule has 0 aliphatic rings. The summed E-state index contributed by atoms with van der Waals surface area (Å²) in [5.41, 5.74) is 1.72. The maximum absolute atomic E-state index is 4.58. The van der Waals surface area contributed by atoms with Crippen LogP contribution in [0.25, 0.3) is 27.6 Å². The van der Waals surface area contributed by atoms with Crippen LogP contribution in [0.4, 0.5) is 0 Å². The normalized spacial score (nSPS) is 11.2. The Morgan fingerprint density at radius 3 is 2.58 bits per heavy atom. The third-order valence-electron chi connectivity index (χ3n) is 2.97. The molecule has 0 unspecified atom stereocenters. The van der Waals surface area contributed by atoms with Crippen molar-refractivity contribution < 1.29 is 0 Å². The molecule has 0 radical (unpaired) electrons. The minimum atomic E-state index is 0.628. The second kappa shape index (κ2) is 3.81. The number of aromatic nitrogens is 6. The fraction of sp³-hybridized carbons (Fsp3) is 0. The summed E-state index contributed by atoms with van der Waals surface area (Å²) >= 11 is 0. The molecule has 6 heteroatoms. The van der Waals surface area contributed by atoms with Gasteiger partial charge in [0.25, 0.3) is 0 Å². The number of tetrazole rings is 1. The van der Waals surface area contributed by atoms with Gasteiger partial charge in [0.05, 0.1) is 11.0 Å². The summed E-state index contributed by atoms with van der Waals surface area (Å²) in [7, 11) is 0. The molecule has 4 aromatic rings. The number of pyridine rings is 2. The van der Waals surface area contributed by atoms with Gasteiger partial charge in [0.1, 0.15) is 0 Å². The molecule has 0 saturated carbocycles. The Morgan fingerprint density at radius 1 is 0.895 bits per heavy atom. The Kier molecular flexibility index (Phi) is 2.02. The van der Waals surface area contributed by atoms with Crippen LogP contribution in [0.3, 0.4) is 0 Å². The summed E-state index contributed by atoms with van der Waals surface area (Å²) in [6.45, 7) is 0. The zero-order chi connectivity index (χ0) is 12.7. The lowest BCUT2D eigenvalue weighted by Gasteiger charge is -2.04. The highest BCUT2D eigenvalue weighted by Gasteiger charge is 2.06. The van der Waals surface area contributed by atoms with Crippen LogP contribution in [-0.4, -0.2) is 30.2 Å². The van der Waals surface area contributed by atoms with E-state index >= 15 is 0 Å². The molecule has 4 rings (SSSR count). The maximum Gasteiger partial charge on any atom is 0.176 e. The number of hydrogen-bond acceptors (Lipinski definition) is 5. The first-order chi connectivity index (χ1) is 9.42. The second-order valence-corrected chi connectivity index (χ2v) is 4.11. The summed E-state index contributed by atoms with van der Waals surface area (Å²) < 4.78 is 0. The lowest BCUT2D eigenvalue weighted by atomic mass is 10.1. The van der Waals surface area contributed by atoms with Gasteiger partial charge >= 0.3 is 0 Å². The van der Waals surface area contributed by atoms with E-state index in [1.165, 1.54) is 11.1 Å². The van der Waals surface area contributed by atoms with Crippen LogP contribution in [0.5, 0.6) is 0 Å². The fourth-order valence-electron chi connectivity index (χ4n) is 2.10. The smallest absolute Gasteiger partial charge is 0.176 e.